The van der Waals surface area contributed by atoms with E-state index < -0.39 is 0 Å². The van der Waals surface area contributed by atoms with Gasteiger partial charge in [-0.15, -0.1) is 0 Å². The monoisotopic (exact) mass is 197 g/mol. The molecule has 80 valence electrons. The van der Waals surface area contributed by atoms with E-state index in [4.69, 9.17) is 10.5 Å². The average molecular weight is 197 g/mol. The lowest BCUT2D eigenvalue weighted by Gasteiger charge is -2.11. The molecule has 14 heavy (non-hydrogen) atoms. The predicted octanol–water partition coefficient (Wildman–Crippen LogP) is 0.478. The van der Waals surface area contributed by atoms with E-state index in [2.05, 4.69) is 17.2 Å². The van der Waals surface area contributed by atoms with Crippen LogP contribution in [0.25, 0.3) is 0 Å². The molecule has 2 unspecified atom stereocenters. The van der Waals surface area contributed by atoms with Crippen LogP contribution in [0.15, 0.2) is 4.99 Å². The number of rotatable bonds is 3. The Hall–Kier alpha value is -0.770. The van der Waals surface area contributed by atoms with Crippen LogP contribution in [0.1, 0.15) is 26.2 Å². The molecule has 4 heteroatoms. The second-order valence-corrected chi connectivity index (χ2v) is 4.27. The van der Waals surface area contributed by atoms with E-state index in [9.17, 15) is 0 Å². The fourth-order valence-electron chi connectivity index (χ4n) is 1.71. The first-order valence-corrected chi connectivity index (χ1v) is 5.44. The summed E-state index contributed by atoms with van der Waals surface area (Å²) in [6.07, 6.45) is 3.92. The highest BCUT2D eigenvalue weighted by molar-refractivity contribution is 5.78. The first kappa shape index (κ1) is 9.77. The predicted molar refractivity (Wildman–Crippen MR) is 56.2 cm³/mol. The molecule has 0 aromatic carbocycles. The zero-order valence-corrected chi connectivity index (χ0v) is 8.70. The van der Waals surface area contributed by atoms with Crippen molar-refractivity contribution in [2.24, 2.45) is 16.6 Å². The van der Waals surface area contributed by atoms with Crippen LogP contribution < -0.4 is 11.1 Å². The fraction of sp³-hybridized carbons (Fsp3) is 0.900. The molecule has 0 spiro atoms. The number of hydrogen-bond donors (Lipinski definition) is 2. The Morgan fingerprint density at radius 2 is 2.29 bits per heavy atom. The minimum atomic E-state index is 0.340. The van der Waals surface area contributed by atoms with Crippen LogP contribution in [-0.4, -0.2) is 31.3 Å². The van der Waals surface area contributed by atoms with Gasteiger partial charge in [0.05, 0.1) is 6.10 Å². The van der Waals surface area contributed by atoms with Crippen LogP contribution in [-0.2, 0) is 4.74 Å². The molecule has 0 bridgehead atoms. The van der Waals surface area contributed by atoms with Crippen molar-refractivity contribution in [3.63, 3.8) is 0 Å². The Morgan fingerprint density at radius 3 is 2.86 bits per heavy atom. The highest BCUT2D eigenvalue weighted by Gasteiger charge is 2.24. The topological polar surface area (TPSA) is 59.6 Å². The van der Waals surface area contributed by atoms with Crippen molar-refractivity contribution in [3.05, 3.63) is 0 Å². The molecule has 1 heterocycles. The summed E-state index contributed by atoms with van der Waals surface area (Å²) in [4.78, 5) is 4.34. The van der Waals surface area contributed by atoms with Gasteiger partial charge >= 0.3 is 0 Å². The van der Waals surface area contributed by atoms with Gasteiger partial charge in [-0.1, -0.05) is 0 Å². The van der Waals surface area contributed by atoms with E-state index in [-0.39, 0.29) is 0 Å². The third kappa shape index (κ3) is 2.61. The van der Waals surface area contributed by atoms with Crippen LogP contribution in [0.3, 0.4) is 0 Å². The summed E-state index contributed by atoms with van der Waals surface area (Å²) in [5, 5.41) is 3.18. The summed E-state index contributed by atoms with van der Waals surface area (Å²) in [7, 11) is 0. The molecule has 2 aliphatic rings. The normalized spacial score (nSPS) is 33.4. The van der Waals surface area contributed by atoms with Gasteiger partial charge in [0.25, 0.3) is 0 Å². The summed E-state index contributed by atoms with van der Waals surface area (Å²) in [6.45, 7) is 3.78. The van der Waals surface area contributed by atoms with Crippen molar-refractivity contribution in [1.82, 2.24) is 5.32 Å². The molecule has 1 saturated heterocycles. The SMILES string of the molecule is CC1OCCC1CN=C(N)NC1CC1. The minimum absolute atomic E-state index is 0.340. The highest BCUT2D eigenvalue weighted by Crippen LogP contribution is 2.21. The molecule has 0 amide bonds. The van der Waals surface area contributed by atoms with Crippen LogP contribution in [0.2, 0.25) is 0 Å². The highest BCUT2D eigenvalue weighted by atomic mass is 16.5. The van der Waals surface area contributed by atoms with Gasteiger partial charge in [0.15, 0.2) is 5.96 Å². The number of guanidine groups is 1. The molecule has 4 nitrogen and oxygen atoms in total. The molecule has 3 N–H and O–H groups in total. The van der Waals surface area contributed by atoms with Crippen molar-refractivity contribution >= 4 is 5.96 Å². The molecular formula is C10H19N3O. The standard InChI is InChI=1S/C10H19N3O/c1-7-8(4-5-14-7)6-12-10(11)13-9-2-3-9/h7-9H,2-6H2,1H3,(H3,11,12,13). The second kappa shape index (κ2) is 4.17. The summed E-state index contributed by atoms with van der Waals surface area (Å²) < 4.78 is 5.46. The van der Waals surface area contributed by atoms with E-state index in [0.717, 1.165) is 19.6 Å². The Labute approximate surface area is 84.9 Å². The molecule has 1 aliphatic heterocycles. The van der Waals surface area contributed by atoms with Gasteiger partial charge in [0, 0.05) is 25.1 Å². The summed E-state index contributed by atoms with van der Waals surface area (Å²) in [6, 6.07) is 0.594. The largest absolute Gasteiger partial charge is 0.378 e. The lowest BCUT2D eigenvalue weighted by Crippen LogP contribution is -2.34. The zero-order valence-electron chi connectivity index (χ0n) is 8.70. The quantitative estimate of drug-likeness (QED) is 0.511. The van der Waals surface area contributed by atoms with Crippen LogP contribution >= 0.6 is 0 Å². The molecule has 2 fully saturated rings. The molecule has 0 radical (unpaired) electrons. The lowest BCUT2D eigenvalue weighted by molar-refractivity contribution is 0.107. The zero-order chi connectivity index (χ0) is 9.97. The number of ether oxygens (including phenoxy) is 1. The Balaban J connectivity index is 1.73. The average Bonchev–Trinajstić information content (AvgIpc) is 2.86. The van der Waals surface area contributed by atoms with Crippen LogP contribution in [0.4, 0.5) is 0 Å². The maximum atomic E-state index is 5.74. The number of aliphatic imine (C=N–C) groups is 1. The van der Waals surface area contributed by atoms with E-state index in [0.29, 0.717) is 24.0 Å². The van der Waals surface area contributed by atoms with Crippen molar-refractivity contribution in [2.45, 2.75) is 38.3 Å². The summed E-state index contributed by atoms with van der Waals surface area (Å²) in [5.41, 5.74) is 5.74. The van der Waals surface area contributed by atoms with Gasteiger partial charge in [-0.05, 0) is 26.2 Å². The first-order chi connectivity index (χ1) is 6.75. The maximum absolute atomic E-state index is 5.74. The van der Waals surface area contributed by atoms with Gasteiger partial charge in [-0.2, -0.15) is 0 Å². The van der Waals surface area contributed by atoms with Gasteiger partial charge < -0.3 is 15.8 Å². The summed E-state index contributed by atoms with van der Waals surface area (Å²) in [5.74, 6) is 1.15. The van der Waals surface area contributed by atoms with E-state index in [1.54, 1.807) is 0 Å². The van der Waals surface area contributed by atoms with Crippen molar-refractivity contribution in [3.8, 4) is 0 Å². The van der Waals surface area contributed by atoms with Gasteiger partial charge in [-0.3, -0.25) is 4.99 Å². The van der Waals surface area contributed by atoms with Crippen LogP contribution in [0, 0.1) is 5.92 Å². The van der Waals surface area contributed by atoms with E-state index in [1.165, 1.54) is 12.8 Å². The molecule has 0 aromatic heterocycles. The van der Waals surface area contributed by atoms with Crippen LogP contribution in [0.5, 0.6) is 0 Å². The number of nitrogens with two attached hydrogens (primary N) is 1. The number of nitrogens with zero attached hydrogens (tertiary/aromatic N) is 1. The van der Waals surface area contributed by atoms with Gasteiger partial charge in [0.2, 0.25) is 0 Å². The summed E-state index contributed by atoms with van der Waals surface area (Å²) >= 11 is 0. The molecule has 1 saturated carbocycles. The van der Waals surface area contributed by atoms with Crippen molar-refractivity contribution < 1.29 is 4.74 Å². The molecule has 2 atom stereocenters. The molecular weight excluding hydrogens is 178 g/mol. The smallest absolute Gasteiger partial charge is 0.188 e. The van der Waals surface area contributed by atoms with Gasteiger partial charge in [0.1, 0.15) is 0 Å². The number of hydrogen-bond acceptors (Lipinski definition) is 2. The maximum Gasteiger partial charge on any atom is 0.188 e. The Bertz CT molecular complexity index is 225. The third-order valence-electron chi connectivity index (χ3n) is 2.96. The second-order valence-electron chi connectivity index (χ2n) is 4.27. The number of nitrogens with one attached hydrogen (secondary N) is 1. The van der Waals surface area contributed by atoms with Crippen molar-refractivity contribution in [1.29, 1.82) is 0 Å². The van der Waals surface area contributed by atoms with E-state index in [1.807, 2.05) is 0 Å². The Morgan fingerprint density at radius 1 is 1.50 bits per heavy atom. The lowest BCUT2D eigenvalue weighted by atomic mass is 10.0. The molecule has 0 aromatic rings. The third-order valence-corrected chi connectivity index (χ3v) is 2.96. The molecule has 2 rings (SSSR count). The van der Waals surface area contributed by atoms with Crippen molar-refractivity contribution in [2.75, 3.05) is 13.2 Å². The first-order valence-electron chi connectivity index (χ1n) is 5.44. The van der Waals surface area contributed by atoms with Gasteiger partial charge in [-0.25, -0.2) is 0 Å². The minimum Gasteiger partial charge on any atom is -0.378 e. The van der Waals surface area contributed by atoms with E-state index >= 15 is 0 Å². The Kier molecular flexibility index (Phi) is 2.91. The fourth-order valence-corrected chi connectivity index (χ4v) is 1.71. The molecule has 1 aliphatic carbocycles.